The first kappa shape index (κ1) is 12.2. The van der Waals surface area contributed by atoms with Gasteiger partial charge >= 0.3 is 0 Å². The molecular weight excluding hydrogens is 234 g/mol. The van der Waals surface area contributed by atoms with Crippen LogP contribution < -0.4 is 5.32 Å². The zero-order valence-corrected chi connectivity index (χ0v) is 11.2. The van der Waals surface area contributed by atoms with E-state index in [1.807, 2.05) is 7.05 Å². The summed E-state index contributed by atoms with van der Waals surface area (Å²) < 4.78 is 5.71. The Hall–Kier alpha value is -1.80. The van der Waals surface area contributed by atoms with Crippen LogP contribution in [0, 0.1) is 0 Å². The van der Waals surface area contributed by atoms with Gasteiger partial charge in [0.1, 0.15) is 0 Å². The van der Waals surface area contributed by atoms with Crippen molar-refractivity contribution in [2.75, 3.05) is 12.4 Å². The highest BCUT2D eigenvalue weighted by Crippen LogP contribution is 2.26. The number of hydrogen-bond donors (Lipinski definition) is 1. The van der Waals surface area contributed by atoms with Gasteiger partial charge in [-0.05, 0) is 41.7 Å². The summed E-state index contributed by atoms with van der Waals surface area (Å²) in [5.74, 6) is 0. The Labute approximate surface area is 114 Å². The first-order valence-corrected chi connectivity index (χ1v) is 6.84. The number of rotatable bonds is 5. The van der Waals surface area contributed by atoms with Crippen LogP contribution in [0.2, 0.25) is 0 Å². The molecule has 0 aliphatic heterocycles. The Morgan fingerprint density at radius 3 is 2.05 bits per heavy atom. The van der Waals surface area contributed by atoms with Crippen LogP contribution in [0.4, 0.5) is 5.69 Å². The van der Waals surface area contributed by atoms with Crippen molar-refractivity contribution in [3.05, 3.63) is 54.1 Å². The molecular formula is C17H19NO. The summed E-state index contributed by atoms with van der Waals surface area (Å²) >= 11 is 0. The van der Waals surface area contributed by atoms with Crippen molar-refractivity contribution in [1.82, 2.24) is 0 Å². The van der Waals surface area contributed by atoms with Gasteiger partial charge in [-0.3, -0.25) is 0 Å². The lowest BCUT2D eigenvalue weighted by molar-refractivity contribution is 0.106. The first-order chi connectivity index (χ1) is 9.35. The molecule has 0 spiro atoms. The molecule has 1 fully saturated rings. The van der Waals surface area contributed by atoms with Crippen LogP contribution in [-0.2, 0) is 11.3 Å². The average Bonchev–Trinajstić information content (AvgIpc) is 3.30. The first-order valence-electron chi connectivity index (χ1n) is 6.84. The number of benzene rings is 2. The van der Waals surface area contributed by atoms with Crippen LogP contribution in [0.3, 0.4) is 0 Å². The molecule has 0 radical (unpaired) electrons. The zero-order valence-electron chi connectivity index (χ0n) is 11.2. The predicted molar refractivity (Wildman–Crippen MR) is 79.2 cm³/mol. The number of ether oxygens (including phenoxy) is 1. The van der Waals surface area contributed by atoms with Gasteiger partial charge in [-0.2, -0.15) is 0 Å². The van der Waals surface area contributed by atoms with E-state index in [0.717, 1.165) is 12.3 Å². The predicted octanol–water partition coefficient (Wildman–Crippen LogP) is 4.07. The van der Waals surface area contributed by atoms with Crippen LogP contribution in [0.1, 0.15) is 18.4 Å². The molecule has 1 aliphatic rings. The molecule has 2 aromatic carbocycles. The summed E-state index contributed by atoms with van der Waals surface area (Å²) in [6.07, 6.45) is 2.99. The van der Waals surface area contributed by atoms with E-state index in [1.165, 1.54) is 29.5 Å². The topological polar surface area (TPSA) is 21.3 Å². The highest BCUT2D eigenvalue weighted by molar-refractivity contribution is 5.66. The molecule has 0 heterocycles. The Morgan fingerprint density at radius 2 is 1.53 bits per heavy atom. The Bertz CT molecular complexity index is 526. The van der Waals surface area contributed by atoms with E-state index < -0.39 is 0 Å². The van der Waals surface area contributed by atoms with Gasteiger partial charge in [0.05, 0.1) is 12.7 Å². The SMILES string of the molecule is CNc1ccc(-c2ccc(COC3CC3)cc2)cc1. The summed E-state index contributed by atoms with van der Waals surface area (Å²) in [6, 6.07) is 17.1. The van der Waals surface area contributed by atoms with Gasteiger partial charge in [0.25, 0.3) is 0 Å². The fourth-order valence-corrected chi connectivity index (χ4v) is 2.07. The molecule has 1 saturated carbocycles. The monoisotopic (exact) mass is 253 g/mol. The molecule has 0 saturated heterocycles. The van der Waals surface area contributed by atoms with Gasteiger partial charge in [0.2, 0.25) is 0 Å². The van der Waals surface area contributed by atoms with E-state index >= 15 is 0 Å². The average molecular weight is 253 g/mol. The lowest BCUT2D eigenvalue weighted by atomic mass is 10.0. The Morgan fingerprint density at radius 1 is 0.947 bits per heavy atom. The van der Waals surface area contributed by atoms with Crippen LogP contribution in [0.15, 0.2) is 48.5 Å². The molecule has 3 rings (SSSR count). The second kappa shape index (κ2) is 5.45. The minimum atomic E-state index is 0.522. The Balaban J connectivity index is 1.69. The summed E-state index contributed by atoms with van der Waals surface area (Å²) in [6.45, 7) is 0.740. The van der Waals surface area contributed by atoms with Crippen molar-refractivity contribution < 1.29 is 4.74 Å². The van der Waals surface area contributed by atoms with Gasteiger partial charge in [0.15, 0.2) is 0 Å². The van der Waals surface area contributed by atoms with Crippen molar-refractivity contribution in [1.29, 1.82) is 0 Å². The highest BCUT2D eigenvalue weighted by Gasteiger charge is 2.21. The van der Waals surface area contributed by atoms with E-state index in [4.69, 9.17) is 4.74 Å². The number of anilines is 1. The maximum Gasteiger partial charge on any atom is 0.0720 e. The fraction of sp³-hybridized carbons (Fsp3) is 0.294. The molecule has 1 aliphatic carbocycles. The molecule has 2 aromatic rings. The minimum Gasteiger partial charge on any atom is -0.388 e. The smallest absolute Gasteiger partial charge is 0.0720 e. The van der Waals surface area contributed by atoms with Crippen molar-refractivity contribution >= 4 is 5.69 Å². The van der Waals surface area contributed by atoms with Gasteiger partial charge in [0, 0.05) is 12.7 Å². The summed E-state index contributed by atoms with van der Waals surface area (Å²) in [5, 5.41) is 3.13. The van der Waals surface area contributed by atoms with Crippen LogP contribution in [-0.4, -0.2) is 13.2 Å². The molecule has 2 nitrogen and oxygen atoms in total. The fourth-order valence-electron chi connectivity index (χ4n) is 2.07. The summed E-state index contributed by atoms with van der Waals surface area (Å²) in [4.78, 5) is 0. The van der Waals surface area contributed by atoms with Gasteiger partial charge in [-0.25, -0.2) is 0 Å². The molecule has 19 heavy (non-hydrogen) atoms. The highest BCUT2D eigenvalue weighted by atomic mass is 16.5. The molecule has 2 heteroatoms. The molecule has 0 aromatic heterocycles. The van der Waals surface area contributed by atoms with Gasteiger partial charge in [-0.1, -0.05) is 36.4 Å². The molecule has 0 amide bonds. The second-order valence-electron chi connectivity index (χ2n) is 5.03. The van der Waals surface area contributed by atoms with E-state index in [2.05, 4.69) is 53.8 Å². The minimum absolute atomic E-state index is 0.522. The van der Waals surface area contributed by atoms with Crippen LogP contribution >= 0.6 is 0 Å². The zero-order chi connectivity index (χ0) is 13.1. The van der Waals surface area contributed by atoms with Gasteiger partial charge < -0.3 is 10.1 Å². The quantitative estimate of drug-likeness (QED) is 0.867. The van der Waals surface area contributed by atoms with E-state index in [1.54, 1.807) is 0 Å². The third kappa shape index (κ3) is 3.15. The van der Waals surface area contributed by atoms with Crippen molar-refractivity contribution in [2.24, 2.45) is 0 Å². The molecule has 0 unspecified atom stereocenters. The van der Waals surface area contributed by atoms with E-state index in [9.17, 15) is 0 Å². The maximum atomic E-state index is 5.71. The lowest BCUT2D eigenvalue weighted by Crippen LogP contribution is -1.94. The summed E-state index contributed by atoms with van der Waals surface area (Å²) in [7, 11) is 1.93. The Kier molecular flexibility index (Phi) is 3.51. The van der Waals surface area contributed by atoms with Crippen molar-refractivity contribution in [3.63, 3.8) is 0 Å². The second-order valence-corrected chi connectivity index (χ2v) is 5.03. The molecule has 0 bridgehead atoms. The molecule has 0 atom stereocenters. The number of nitrogens with one attached hydrogen (secondary N) is 1. The van der Waals surface area contributed by atoms with Gasteiger partial charge in [-0.15, -0.1) is 0 Å². The standard InChI is InChI=1S/C17H19NO/c1-18-16-8-6-15(7-9-16)14-4-2-13(3-5-14)12-19-17-10-11-17/h2-9,17-18H,10-12H2,1H3. The molecule has 1 N–H and O–H groups in total. The van der Waals surface area contributed by atoms with Crippen molar-refractivity contribution in [2.45, 2.75) is 25.6 Å². The maximum absolute atomic E-state index is 5.71. The van der Waals surface area contributed by atoms with E-state index in [-0.39, 0.29) is 0 Å². The largest absolute Gasteiger partial charge is 0.388 e. The van der Waals surface area contributed by atoms with Crippen LogP contribution in [0.5, 0.6) is 0 Å². The third-order valence-electron chi connectivity index (χ3n) is 3.47. The normalized spacial score (nSPS) is 14.4. The van der Waals surface area contributed by atoms with Crippen LogP contribution in [0.25, 0.3) is 11.1 Å². The van der Waals surface area contributed by atoms with E-state index in [0.29, 0.717) is 6.10 Å². The van der Waals surface area contributed by atoms with Crippen molar-refractivity contribution in [3.8, 4) is 11.1 Å². The molecule has 98 valence electrons. The number of hydrogen-bond acceptors (Lipinski definition) is 2. The third-order valence-corrected chi connectivity index (χ3v) is 3.47. The summed E-state index contributed by atoms with van der Waals surface area (Å²) in [5.41, 5.74) is 4.88. The lowest BCUT2D eigenvalue weighted by Gasteiger charge is -2.06.